The SMILES string of the molecule is [CH2]Cc1cc2cc(F)ccc2n1Cc1cccc(F)c1. The first-order chi connectivity index (χ1) is 9.67. The summed E-state index contributed by atoms with van der Waals surface area (Å²) in [7, 11) is 0. The molecule has 101 valence electrons. The van der Waals surface area contributed by atoms with Crippen LogP contribution in [0.1, 0.15) is 11.3 Å². The third kappa shape index (κ3) is 2.31. The van der Waals surface area contributed by atoms with E-state index in [-0.39, 0.29) is 11.6 Å². The summed E-state index contributed by atoms with van der Waals surface area (Å²) in [5.74, 6) is -0.503. The van der Waals surface area contributed by atoms with Crippen LogP contribution in [0.25, 0.3) is 10.9 Å². The van der Waals surface area contributed by atoms with Gasteiger partial charge in [0.15, 0.2) is 0 Å². The average Bonchev–Trinajstić information content (AvgIpc) is 2.76. The molecule has 1 radical (unpaired) electrons. The van der Waals surface area contributed by atoms with E-state index in [1.165, 1.54) is 24.3 Å². The van der Waals surface area contributed by atoms with Crippen LogP contribution in [0.4, 0.5) is 8.78 Å². The largest absolute Gasteiger partial charge is 0.340 e. The van der Waals surface area contributed by atoms with Crippen molar-refractivity contribution in [3.63, 3.8) is 0 Å². The smallest absolute Gasteiger partial charge is 0.123 e. The molecular weight excluding hydrogens is 256 g/mol. The second-order valence-electron chi connectivity index (χ2n) is 4.80. The van der Waals surface area contributed by atoms with Crippen LogP contribution in [0.2, 0.25) is 0 Å². The van der Waals surface area contributed by atoms with Gasteiger partial charge in [0.1, 0.15) is 11.6 Å². The van der Waals surface area contributed by atoms with Gasteiger partial charge in [-0.1, -0.05) is 12.1 Å². The Morgan fingerprint density at radius 1 is 0.950 bits per heavy atom. The Labute approximate surface area is 116 Å². The van der Waals surface area contributed by atoms with Crippen LogP contribution in [0, 0.1) is 18.6 Å². The van der Waals surface area contributed by atoms with Crippen LogP contribution >= 0.6 is 0 Å². The van der Waals surface area contributed by atoms with Crippen molar-refractivity contribution < 1.29 is 8.78 Å². The van der Waals surface area contributed by atoms with Crippen LogP contribution in [0.3, 0.4) is 0 Å². The third-order valence-corrected chi connectivity index (χ3v) is 3.44. The van der Waals surface area contributed by atoms with Crippen LogP contribution in [0.15, 0.2) is 48.5 Å². The summed E-state index contributed by atoms with van der Waals surface area (Å²) in [6.45, 7) is 4.46. The number of hydrogen-bond acceptors (Lipinski definition) is 0. The third-order valence-electron chi connectivity index (χ3n) is 3.44. The molecule has 0 saturated carbocycles. The molecule has 3 heteroatoms. The van der Waals surface area contributed by atoms with Crippen molar-refractivity contribution in [1.82, 2.24) is 4.57 Å². The van der Waals surface area contributed by atoms with Gasteiger partial charge >= 0.3 is 0 Å². The molecule has 0 aliphatic rings. The minimum absolute atomic E-state index is 0.249. The molecule has 0 fully saturated rings. The average molecular weight is 270 g/mol. The fraction of sp³-hybridized carbons (Fsp3) is 0.118. The lowest BCUT2D eigenvalue weighted by molar-refractivity contribution is 0.623. The molecule has 0 N–H and O–H groups in total. The Morgan fingerprint density at radius 3 is 2.50 bits per heavy atom. The van der Waals surface area contributed by atoms with Crippen molar-refractivity contribution in [3.05, 3.63) is 78.3 Å². The van der Waals surface area contributed by atoms with Gasteiger partial charge in [0.25, 0.3) is 0 Å². The fourth-order valence-corrected chi connectivity index (χ4v) is 2.51. The maximum atomic E-state index is 13.3. The molecule has 3 rings (SSSR count). The molecule has 0 aliphatic carbocycles. The van der Waals surface area contributed by atoms with Gasteiger partial charge in [-0.05, 0) is 55.3 Å². The molecule has 0 bridgehead atoms. The van der Waals surface area contributed by atoms with Gasteiger partial charge in [0.2, 0.25) is 0 Å². The zero-order valence-corrected chi connectivity index (χ0v) is 10.9. The summed E-state index contributed by atoms with van der Waals surface area (Å²) in [5.41, 5.74) is 2.82. The van der Waals surface area contributed by atoms with Crippen LogP contribution in [0.5, 0.6) is 0 Å². The van der Waals surface area contributed by atoms with Crippen LogP contribution in [-0.4, -0.2) is 4.57 Å². The molecule has 2 aromatic carbocycles. The van der Waals surface area contributed by atoms with Gasteiger partial charge in [-0.15, -0.1) is 0 Å². The maximum Gasteiger partial charge on any atom is 0.123 e. The van der Waals surface area contributed by atoms with E-state index in [0.29, 0.717) is 13.0 Å². The Hall–Kier alpha value is -2.16. The lowest BCUT2D eigenvalue weighted by Gasteiger charge is -2.10. The number of nitrogens with zero attached hydrogens (tertiary/aromatic N) is 1. The van der Waals surface area contributed by atoms with Crippen LogP contribution < -0.4 is 0 Å². The molecule has 0 saturated heterocycles. The Bertz CT molecular complexity index is 759. The van der Waals surface area contributed by atoms with E-state index in [2.05, 4.69) is 11.5 Å². The van der Waals surface area contributed by atoms with Crippen molar-refractivity contribution in [2.24, 2.45) is 0 Å². The van der Waals surface area contributed by atoms with Crippen molar-refractivity contribution in [2.45, 2.75) is 13.0 Å². The van der Waals surface area contributed by atoms with E-state index in [1.807, 2.05) is 12.1 Å². The van der Waals surface area contributed by atoms with Gasteiger partial charge in [-0.2, -0.15) is 0 Å². The summed E-state index contributed by atoms with van der Waals surface area (Å²) in [5, 5.41) is 0.847. The molecule has 0 unspecified atom stereocenters. The molecule has 0 atom stereocenters. The van der Waals surface area contributed by atoms with Crippen molar-refractivity contribution in [1.29, 1.82) is 0 Å². The first-order valence-electron chi connectivity index (χ1n) is 6.49. The van der Waals surface area contributed by atoms with Crippen molar-refractivity contribution in [3.8, 4) is 0 Å². The Balaban J connectivity index is 2.10. The van der Waals surface area contributed by atoms with Gasteiger partial charge in [0.05, 0.1) is 0 Å². The maximum absolute atomic E-state index is 13.3. The summed E-state index contributed by atoms with van der Waals surface area (Å²) < 4.78 is 28.6. The number of benzene rings is 2. The summed E-state index contributed by atoms with van der Waals surface area (Å²) in [6, 6.07) is 13.2. The zero-order chi connectivity index (χ0) is 14.1. The van der Waals surface area contributed by atoms with Gasteiger partial charge in [-0.3, -0.25) is 0 Å². The highest BCUT2D eigenvalue weighted by molar-refractivity contribution is 5.81. The van der Waals surface area contributed by atoms with Crippen molar-refractivity contribution in [2.75, 3.05) is 0 Å². The lowest BCUT2D eigenvalue weighted by atomic mass is 10.2. The van der Waals surface area contributed by atoms with E-state index >= 15 is 0 Å². The highest BCUT2D eigenvalue weighted by atomic mass is 19.1. The van der Waals surface area contributed by atoms with Gasteiger partial charge in [0, 0.05) is 23.1 Å². The number of fused-ring (bicyclic) bond motifs is 1. The second kappa shape index (κ2) is 5.08. The molecule has 3 aromatic rings. The standard InChI is InChI=1S/C17H14F2N/c1-2-16-10-13-9-15(19)6-7-17(13)20(16)11-12-4-3-5-14(18)8-12/h3-10H,1-2,11H2. The number of rotatable bonds is 3. The summed E-state index contributed by atoms with van der Waals surface area (Å²) in [4.78, 5) is 0. The number of aromatic nitrogens is 1. The fourth-order valence-electron chi connectivity index (χ4n) is 2.51. The van der Waals surface area contributed by atoms with E-state index in [1.54, 1.807) is 12.1 Å². The topological polar surface area (TPSA) is 4.93 Å². The highest BCUT2D eigenvalue weighted by Crippen LogP contribution is 2.23. The molecule has 1 aromatic heterocycles. The molecule has 1 heterocycles. The van der Waals surface area contributed by atoms with Gasteiger partial charge < -0.3 is 4.57 Å². The lowest BCUT2D eigenvalue weighted by Crippen LogP contribution is -2.03. The molecule has 0 spiro atoms. The minimum atomic E-state index is -0.254. The summed E-state index contributed by atoms with van der Waals surface area (Å²) in [6.07, 6.45) is 0.603. The predicted octanol–water partition coefficient (Wildman–Crippen LogP) is 4.34. The number of halogens is 2. The van der Waals surface area contributed by atoms with E-state index in [9.17, 15) is 8.78 Å². The van der Waals surface area contributed by atoms with Crippen LogP contribution in [-0.2, 0) is 13.0 Å². The summed E-state index contributed by atoms with van der Waals surface area (Å²) >= 11 is 0. The molecular formula is C17H14F2N. The van der Waals surface area contributed by atoms with E-state index < -0.39 is 0 Å². The quantitative estimate of drug-likeness (QED) is 0.667. The van der Waals surface area contributed by atoms with E-state index in [0.717, 1.165) is 22.2 Å². The molecule has 0 aliphatic heterocycles. The first kappa shape index (κ1) is 12.9. The van der Waals surface area contributed by atoms with Gasteiger partial charge in [-0.25, -0.2) is 8.78 Å². The number of hydrogen-bond donors (Lipinski definition) is 0. The van der Waals surface area contributed by atoms with E-state index in [4.69, 9.17) is 0 Å². The highest BCUT2D eigenvalue weighted by Gasteiger charge is 2.09. The minimum Gasteiger partial charge on any atom is -0.340 e. The first-order valence-corrected chi connectivity index (χ1v) is 6.49. The monoisotopic (exact) mass is 270 g/mol. The predicted molar refractivity (Wildman–Crippen MR) is 76.5 cm³/mol. The molecule has 20 heavy (non-hydrogen) atoms. The van der Waals surface area contributed by atoms with Crippen molar-refractivity contribution >= 4 is 10.9 Å². The molecule has 0 amide bonds. The zero-order valence-electron chi connectivity index (χ0n) is 10.9. The Kier molecular flexibility index (Phi) is 3.26. The normalized spacial score (nSPS) is 11.2. The molecule has 1 nitrogen and oxygen atoms in total. The Morgan fingerprint density at radius 2 is 1.75 bits per heavy atom. The second-order valence-corrected chi connectivity index (χ2v) is 4.80.